The zero-order valence-corrected chi connectivity index (χ0v) is 11.5. The highest BCUT2D eigenvalue weighted by atomic mass is 32.1. The molecule has 2 rings (SSSR count). The second kappa shape index (κ2) is 5.30. The van der Waals surface area contributed by atoms with E-state index in [0.29, 0.717) is 12.4 Å². The van der Waals surface area contributed by atoms with Crippen LogP contribution in [0, 0.1) is 6.92 Å². The smallest absolute Gasteiger partial charge is 0.261 e. The Morgan fingerprint density at radius 2 is 2.33 bits per heavy atom. The molecule has 1 amide bonds. The van der Waals surface area contributed by atoms with Gasteiger partial charge >= 0.3 is 0 Å². The minimum absolute atomic E-state index is 0.0600. The van der Waals surface area contributed by atoms with Crippen LogP contribution in [0.1, 0.15) is 32.9 Å². The van der Waals surface area contributed by atoms with E-state index in [1.807, 2.05) is 13.0 Å². The lowest BCUT2D eigenvalue weighted by molar-refractivity contribution is 0.0954. The van der Waals surface area contributed by atoms with E-state index in [1.165, 1.54) is 10.4 Å². The molecule has 96 valence electrons. The first-order valence-electron chi connectivity index (χ1n) is 5.82. The number of aryl methyl sites for hydroxylation is 3. The number of rotatable bonds is 4. The molecule has 0 unspecified atom stereocenters. The summed E-state index contributed by atoms with van der Waals surface area (Å²) in [6.45, 7) is 4.49. The summed E-state index contributed by atoms with van der Waals surface area (Å²) in [7, 11) is 1.80. The molecule has 0 radical (unpaired) electrons. The number of carbonyl (C=O) groups is 1. The Morgan fingerprint density at radius 1 is 1.56 bits per heavy atom. The topological polar surface area (TPSA) is 59.8 Å². The fourth-order valence-corrected chi connectivity index (χ4v) is 2.72. The van der Waals surface area contributed by atoms with Gasteiger partial charge in [-0.15, -0.1) is 11.3 Å². The van der Waals surface area contributed by atoms with Crippen LogP contribution in [0.15, 0.2) is 12.4 Å². The van der Waals surface area contributed by atoms with Crippen molar-refractivity contribution in [2.45, 2.75) is 26.8 Å². The lowest BCUT2D eigenvalue weighted by atomic mass is 10.2. The van der Waals surface area contributed by atoms with Crippen LogP contribution in [0.25, 0.3) is 0 Å². The van der Waals surface area contributed by atoms with Crippen molar-refractivity contribution in [3.63, 3.8) is 0 Å². The molecule has 0 fully saturated rings. The van der Waals surface area contributed by atoms with Gasteiger partial charge in [-0.3, -0.25) is 9.48 Å². The first kappa shape index (κ1) is 12.8. The summed E-state index contributed by atoms with van der Waals surface area (Å²) in [5.74, 6) is 0.560. The molecular weight excluding hydrogens is 248 g/mol. The van der Waals surface area contributed by atoms with Crippen molar-refractivity contribution >= 4 is 17.2 Å². The van der Waals surface area contributed by atoms with Crippen LogP contribution in [0.2, 0.25) is 0 Å². The Hall–Kier alpha value is -1.69. The number of amides is 1. The van der Waals surface area contributed by atoms with Gasteiger partial charge < -0.3 is 5.32 Å². The van der Waals surface area contributed by atoms with E-state index in [0.717, 1.165) is 11.3 Å². The average Bonchev–Trinajstić information content (AvgIpc) is 2.92. The first-order valence-corrected chi connectivity index (χ1v) is 6.63. The number of nitrogens with zero attached hydrogens (tertiary/aromatic N) is 3. The molecular formula is C12H16N4OS. The molecule has 0 aromatic carbocycles. The third-order valence-electron chi connectivity index (χ3n) is 2.62. The summed E-state index contributed by atoms with van der Waals surface area (Å²) in [4.78, 5) is 18.0. The zero-order chi connectivity index (χ0) is 13.1. The summed E-state index contributed by atoms with van der Waals surface area (Å²) in [6.07, 6.45) is 2.58. The molecule has 0 aliphatic heterocycles. The van der Waals surface area contributed by atoms with Gasteiger partial charge in [0.05, 0.1) is 11.4 Å². The molecule has 0 atom stereocenters. The maximum Gasteiger partial charge on any atom is 0.261 e. The summed E-state index contributed by atoms with van der Waals surface area (Å²) in [5.41, 5.74) is 1.18. The largest absolute Gasteiger partial charge is 0.344 e. The van der Waals surface area contributed by atoms with Gasteiger partial charge in [0.1, 0.15) is 6.33 Å². The van der Waals surface area contributed by atoms with E-state index in [-0.39, 0.29) is 5.91 Å². The van der Waals surface area contributed by atoms with E-state index in [1.54, 1.807) is 29.4 Å². The van der Waals surface area contributed by atoms with E-state index < -0.39 is 0 Å². The number of aromatic nitrogens is 3. The van der Waals surface area contributed by atoms with Crippen LogP contribution in [0.3, 0.4) is 0 Å². The van der Waals surface area contributed by atoms with Crippen LogP contribution < -0.4 is 5.32 Å². The first-order chi connectivity index (χ1) is 8.60. The van der Waals surface area contributed by atoms with E-state index in [2.05, 4.69) is 22.3 Å². The molecule has 5 nitrogen and oxygen atoms in total. The monoisotopic (exact) mass is 264 g/mol. The zero-order valence-electron chi connectivity index (χ0n) is 10.7. The molecule has 1 N–H and O–H groups in total. The maximum absolute atomic E-state index is 11.9. The Labute approximate surface area is 110 Å². The molecule has 0 aliphatic rings. The molecule has 0 saturated heterocycles. The van der Waals surface area contributed by atoms with Crippen LogP contribution in [-0.4, -0.2) is 20.7 Å². The normalized spacial score (nSPS) is 10.6. The van der Waals surface area contributed by atoms with Gasteiger partial charge in [0.15, 0.2) is 5.82 Å². The molecule has 2 aromatic rings. The van der Waals surface area contributed by atoms with Gasteiger partial charge in [0, 0.05) is 11.9 Å². The van der Waals surface area contributed by atoms with Gasteiger partial charge in [0.25, 0.3) is 5.91 Å². The maximum atomic E-state index is 11.9. The quantitative estimate of drug-likeness (QED) is 0.914. The summed E-state index contributed by atoms with van der Waals surface area (Å²) >= 11 is 1.55. The lowest BCUT2D eigenvalue weighted by Crippen LogP contribution is -2.22. The van der Waals surface area contributed by atoms with E-state index in [4.69, 9.17) is 0 Å². The van der Waals surface area contributed by atoms with Crippen molar-refractivity contribution in [3.05, 3.63) is 33.5 Å². The second-order valence-corrected chi connectivity index (χ2v) is 5.22. The van der Waals surface area contributed by atoms with E-state index >= 15 is 0 Å². The van der Waals surface area contributed by atoms with Gasteiger partial charge in [-0.2, -0.15) is 5.10 Å². The molecule has 18 heavy (non-hydrogen) atoms. The Bertz CT molecular complexity index is 558. The minimum Gasteiger partial charge on any atom is -0.344 e. The number of carbonyl (C=O) groups excluding carboxylic acids is 1. The third kappa shape index (κ3) is 2.76. The number of nitrogens with one attached hydrogen (secondary N) is 1. The number of hydrogen-bond donors (Lipinski definition) is 1. The Balaban J connectivity index is 1.99. The van der Waals surface area contributed by atoms with Crippen molar-refractivity contribution < 1.29 is 4.79 Å². The minimum atomic E-state index is -0.0600. The summed E-state index contributed by atoms with van der Waals surface area (Å²) in [5, 5.41) is 6.94. The third-order valence-corrected chi connectivity index (χ3v) is 4.00. The van der Waals surface area contributed by atoms with Crippen molar-refractivity contribution in [2.75, 3.05) is 0 Å². The SMILES string of the molecule is CCc1sc(C(=O)NCc2ncn(C)n2)cc1C. The second-order valence-electron chi connectivity index (χ2n) is 4.09. The molecule has 0 bridgehead atoms. The van der Waals surface area contributed by atoms with Crippen molar-refractivity contribution in [2.24, 2.45) is 7.05 Å². The fraction of sp³-hybridized carbons (Fsp3) is 0.417. The predicted molar refractivity (Wildman–Crippen MR) is 70.6 cm³/mol. The highest BCUT2D eigenvalue weighted by molar-refractivity contribution is 7.14. The molecule has 0 spiro atoms. The standard InChI is InChI=1S/C12H16N4OS/c1-4-9-8(2)5-10(18-9)12(17)13-6-11-14-7-16(3)15-11/h5,7H,4,6H2,1-3H3,(H,13,17). The Kier molecular flexibility index (Phi) is 3.76. The van der Waals surface area contributed by atoms with Gasteiger partial charge in [-0.1, -0.05) is 6.92 Å². The predicted octanol–water partition coefficient (Wildman–Crippen LogP) is 1.68. The molecule has 0 saturated carbocycles. The van der Waals surface area contributed by atoms with Crippen LogP contribution in [-0.2, 0) is 20.0 Å². The number of hydrogen-bond acceptors (Lipinski definition) is 4. The van der Waals surface area contributed by atoms with Crippen LogP contribution in [0.4, 0.5) is 0 Å². The fourth-order valence-electron chi connectivity index (χ4n) is 1.69. The van der Waals surface area contributed by atoms with Crippen molar-refractivity contribution in [1.82, 2.24) is 20.1 Å². The lowest BCUT2D eigenvalue weighted by Gasteiger charge is -1.99. The van der Waals surface area contributed by atoms with Gasteiger partial charge in [-0.25, -0.2) is 4.98 Å². The highest BCUT2D eigenvalue weighted by Crippen LogP contribution is 2.22. The van der Waals surface area contributed by atoms with Crippen molar-refractivity contribution in [1.29, 1.82) is 0 Å². The molecule has 2 aromatic heterocycles. The summed E-state index contributed by atoms with van der Waals surface area (Å²) < 4.78 is 1.62. The molecule has 0 aliphatic carbocycles. The van der Waals surface area contributed by atoms with Gasteiger partial charge in [0.2, 0.25) is 0 Å². The van der Waals surface area contributed by atoms with Gasteiger partial charge in [-0.05, 0) is 25.0 Å². The van der Waals surface area contributed by atoms with E-state index in [9.17, 15) is 4.79 Å². The molecule has 6 heteroatoms. The number of thiophene rings is 1. The van der Waals surface area contributed by atoms with Crippen molar-refractivity contribution in [3.8, 4) is 0 Å². The average molecular weight is 264 g/mol. The van der Waals surface area contributed by atoms with Crippen LogP contribution >= 0.6 is 11.3 Å². The molecule has 2 heterocycles. The highest BCUT2D eigenvalue weighted by Gasteiger charge is 2.11. The summed E-state index contributed by atoms with van der Waals surface area (Å²) in [6, 6.07) is 1.94. The van der Waals surface area contributed by atoms with Crippen LogP contribution in [0.5, 0.6) is 0 Å². The Morgan fingerprint density at radius 3 is 2.89 bits per heavy atom.